The van der Waals surface area contributed by atoms with E-state index in [1.54, 1.807) is 19.3 Å². The van der Waals surface area contributed by atoms with Crippen LogP contribution in [0.15, 0.2) is 30.5 Å². The Hall–Kier alpha value is -2.50. The molecule has 2 rings (SSSR count). The molecule has 0 atom stereocenters. The molecule has 21 heavy (non-hydrogen) atoms. The van der Waals surface area contributed by atoms with Crippen LogP contribution in [-0.4, -0.2) is 22.3 Å². The third-order valence-electron chi connectivity index (χ3n) is 2.78. The van der Waals surface area contributed by atoms with Gasteiger partial charge in [0.1, 0.15) is 5.75 Å². The highest BCUT2D eigenvalue weighted by Crippen LogP contribution is 2.25. The van der Waals surface area contributed by atoms with Crippen molar-refractivity contribution < 1.29 is 9.53 Å². The van der Waals surface area contributed by atoms with Crippen LogP contribution in [0.5, 0.6) is 5.75 Å². The lowest BCUT2D eigenvalue weighted by molar-refractivity contribution is 0.102. The van der Waals surface area contributed by atoms with Crippen molar-refractivity contribution in [2.24, 2.45) is 13.0 Å². The van der Waals surface area contributed by atoms with Gasteiger partial charge in [0.2, 0.25) is 0 Å². The number of nitrogens with two attached hydrogens (primary N) is 1. The highest BCUT2D eigenvalue weighted by Gasteiger charge is 2.16. The van der Waals surface area contributed by atoms with Gasteiger partial charge in [0, 0.05) is 13.2 Å². The van der Waals surface area contributed by atoms with Crippen molar-refractivity contribution >= 4 is 17.3 Å². The lowest BCUT2D eigenvalue weighted by atomic mass is 10.2. The molecule has 1 amide bonds. The summed E-state index contributed by atoms with van der Waals surface area (Å²) in [6, 6.07) is 7.30. The number of nitrogens with one attached hydrogen (secondary N) is 1. The van der Waals surface area contributed by atoms with Crippen LogP contribution in [-0.2, 0) is 7.05 Å². The molecular weight excluding hydrogens is 268 g/mol. The van der Waals surface area contributed by atoms with Crippen molar-refractivity contribution in [3.05, 3.63) is 36.2 Å². The minimum Gasteiger partial charge on any atom is -0.491 e. The zero-order valence-corrected chi connectivity index (χ0v) is 12.5. The van der Waals surface area contributed by atoms with E-state index in [0.29, 0.717) is 29.6 Å². The van der Waals surface area contributed by atoms with E-state index in [2.05, 4.69) is 24.3 Å². The minimum atomic E-state index is -0.353. The average molecular weight is 288 g/mol. The maximum atomic E-state index is 12.2. The van der Waals surface area contributed by atoms with Crippen LogP contribution in [0.4, 0.5) is 11.4 Å². The van der Waals surface area contributed by atoms with Crippen LogP contribution in [0.1, 0.15) is 24.3 Å². The highest BCUT2D eigenvalue weighted by molar-refractivity contribution is 6.06. The van der Waals surface area contributed by atoms with Gasteiger partial charge in [-0.25, -0.2) is 0 Å². The Kier molecular flexibility index (Phi) is 4.47. The number of aryl methyl sites for hydroxylation is 1. The molecule has 112 valence electrons. The number of nitrogen functional groups attached to an aromatic ring is 1. The van der Waals surface area contributed by atoms with Crippen LogP contribution < -0.4 is 15.8 Å². The van der Waals surface area contributed by atoms with Gasteiger partial charge in [-0.05, 0) is 18.1 Å². The zero-order chi connectivity index (χ0) is 15.4. The molecule has 0 saturated carbocycles. The van der Waals surface area contributed by atoms with Gasteiger partial charge < -0.3 is 15.8 Å². The Morgan fingerprint density at radius 2 is 2.14 bits per heavy atom. The molecule has 3 N–H and O–H groups in total. The second-order valence-corrected chi connectivity index (χ2v) is 5.26. The third-order valence-corrected chi connectivity index (χ3v) is 2.78. The van der Waals surface area contributed by atoms with Crippen LogP contribution in [0.2, 0.25) is 0 Å². The number of ether oxygens (including phenoxy) is 1. The third kappa shape index (κ3) is 3.75. The van der Waals surface area contributed by atoms with Gasteiger partial charge in [0.15, 0.2) is 5.69 Å². The Morgan fingerprint density at radius 3 is 2.76 bits per heavy atom. The summed E-state index contributed by atoms with van der Waals surface area (Å²) >= 11 is 0. The van der Waals surface area contributed by atoms with Gasteiger partial charge in [-0.3, -0.25) is 9.48 Å². The van der Waals surface area contributed by atoms with Gasteiger partial charge in [0.05, 0.1) is 18.0 Å². The van der Waals surface area contributed by atoms with E-state index in [9.17, 15) is 4.79 Å². The Morgan fingerprint density at radius 1 is 1.43 bits per heavy atom. The van der Waals surface area contributed by atoms with Gasteiger partial charge in [-0.15, -0.1) is 0 Å². The number of aromatic nitrogens is 2. The largest absolute Gasteiger partial charge is 0.491 e. The Labute approximate surface area is 123 Å². The summed E-state index contributed by atoms with van der Waals surface area (Å²) in [5, 5.41) is 6.83. The molecule has 0 radical (unpaired) electrons. The van der Waals surface area contributed by atoms with E-state index < -0.39 is 0 Å². The second kappa shape index (κ2) is 6.30. The molecule has 0 aliphatic heterocycles. The lowest BCUT2D eigenvalue weighted by Gasteiger charge is -2.13. The first kappa shape index (κ1) is 14.9. The molecule has 6 heteroatoms. The quantitative estimate of drug-likeness (QED) is 0.884. The number of para-hydroxylation sites is 2. The SMILES string of the molecule is CC(C)COc1ccccc1NC(=O)c1nn(C)cc1N. The highest BCUT2D eigenvalue weighted by atomic mass is 16.5. The number of rotatable bonds is 5. The first-order chi connectivity index (χ1) is 9.97. The number of amides is 1. The Bertz CT molecular complexity index is 634. The lowest BCUT2D eigenvalue weighted by Crippen LogP contribution is -2.16. The molecule has 1 aromatic carbocycles. The first-order valence-electron chi connectivity index (χ1n) is 6.79. The maximum absolute atomic E-state index is 12.2. The summed E-state index contributed by atoms with van der Waals surface area (Å²) in [7, 11) is 1.72. The van der Waals surface area contributed by atoms with Gasteiger partial charge in [-0.2, -0.15) is 5.10 Å². The van der Waals surface area contributed by atoms with Crippen LogP contribution in [0, 0.1) is 5.92 Å². The van der Waals surface area contributed by atoms with Crippen molar-refractivity contribution in [2.45, 2.75) is 13.8 Å². The number of hydrogen-bond acceptors (Lipinski definition) is 4. The normalized spacial score (nSPS) is 10.7. The molecule has 0 aliphatic rings. The second-order valence-electron chi connectivity index (χ2n) is 5.26. The van der Waals surface area contributed by atoms with Crippen molar-refractivity contribution in [2.75, 3.05) is 17.7 Å². The molecule has 0 saturated heterocycles. The first-order valence-corrected chi connectivity index (χ1v) is 6.79. The van der Waals surface area contributed by atoms with Crippen molar-refractivity contribution in [1.82, 2.24) is 9.78 Å². The number of benzene rings is 1. The Balaban J connectivity index is 2.15. The minimum absolute atomic E-state index is 0.205. The average Bonchev–Trinajstić information content (AvgIpc) is 2.76. The van der Waals surface area contributed by atoms with Crippen molar-refractivity contribution in [3.63, 3.8) is 0 Å². The van der Waals surface area contributed by atoms with Crippen LogP contribution >= 0.6 is 0 Å². The summed E-state index contributed by atoms with van der Waals surface area (Å²) in [5.41, 5.74) is 6.91. The number of anilines is 2. The standard InChI is InChI=1S/C15H20N4O2/c1-10(2)9-21-13-7-5-4-6-12(13)17-15(20)14-11(16)8-19(3)18-14/h4-8,10H,9,16H2,1-3H3,(H,17,20). The van der Waals surface area contributed by atoms with E-state index in [1.165, 1.54) is 4.68 Å². The molecule has 0 spiro atoms. The molecule has 1 aromatic heterocycles. The molecule has 6 nitrogen and oxygen atoms in total. The van der Waals surface area contributed by atoms with Gasteiger partial charge >= 0.3 is 0 Å². The molecule has 2 aromatic rings. The molecule has 0 aliphatic carbocycles. The topological polar surface area (TPSA) is 82.2 Å². The van der Waals surface area contributed by atoms with E-state index in [4.69, 9.17) is 10.5 Å². The van der Waals surface area contributed by atoms with Crippen LogP contribution in [0.25, 0.3) is 0 Å². The maximum Gasteiger partial charge on any atom is 0.278 e. The fraction of sp³-hybridized carbons (Fsp3) is 0.333. The monoisotopic (exact) mass is 288 g/mol. The van der Waals surface area contributed by atoms with E-state index in [0.717, 1.165) is 0 Å². The van der Waals surface area contributed by atoms with Gasteiger partial charge in [0.25, 0.3) is 5.91 Å². The van der Waals surface area contributed by atoms with E-state index in [1.807, 2.05) is 18.2 Å². The molecular formula is C15H20N4O2. The fourth-order valence-electron chi connectivity index (χ4n) is 1.82. The van der Waals surface area contributed by atoms with E-state index in [-0.39, 0.29) is 11.6 Å². The van der Waals surface area contributed by atoms with Gasteiger partial charge in [-0.1, -0.05) is 26.0 Å². The summed E-state index contributed by atoms with van der Waals surface area (Å²) in [6.45, 7) is 4.71. The molecule has 0 fully saturated rings. The molecule has 0 bridgehead atoms. The fourth-order valence-corrected chi connectivity index (χ4v) is 1.82. The van der Waals surface area contributed by atoms with Crippen molar-refractivity contribution in [3.8, 4) is 5.75 Å². The number of nitrogens with zero attached hydrogens (tertiary/aromatic N) is 2. The smallest absolute Gasteiger partial charge is 0.278 e. The van der Waals surface area contributed by atoms with Crippen molar-refractivity contribution in [1.29, 1.82) is 0 Å². The summed E-state index contributed by atoms with van der Waals surface area (Å²) in [5.74, 6) is 0.683. The number of carbonyl (C=O) groups excluding carboxylic acids is 1. The molecule has 1 heterocycles. The number of carbonyl (C=O) groups is 1. The summed E-state index contributed by atoms with van der Waals surface area (Å²) in [6.07, 6.45) is 1.59. The predicted molar refractivity (Wildman–Crippen MR) is 82.3 cm³/mol. The zero-order valence-electron chi connectivity index (χ0n) is 12.5. The molecule has 0 unspecified atom stereocenters. The predicted octanol–water partition coefficient (Wildman–Crippen LogP) is 2.29. The summed E-state index contributed by atoms with van der Waals surface area (Å²) < 4.78 is 7.20. The summed E-state index contributed by atoms with van der Waals surface area (Å²) in [4.78, 5) is 12.2. The number of hydrogen-bond donors (Lipinski definition) is 2. The van der Waals surface area contributed by atoms with E-state index >= 15 is 0 Å². The van der Waals surface area contributed by atoms with Crippen LogP contribution in [0.3, 0.4) is 0 Å².